The zero-order valence-electron chi connectivity index (χ0n) is 20.5. The Hall–Kier alpha value is -4.48. The summed E-state index contributed by atoms with van der Waals surface area (Å²) in [5, 5.41) is 10.4. The fourth-order valence-electron chi connectivity index (χ4n) is 4.36. The lowest BCUT2D eigenvalue weighted by Crippen LogP contribution is -2.68. The summed E-state index contributed by atoms with van der Waals surface area (Å²) in [6, 6.07) is 23.0. The molecule has 3 aromatic carbocycles. The molecule has 5 rings (SSSR count). The Labute approximate surface area is 227 Å². The third kappa shape index (κ3) is 5.27. The van der Waals surface area contributed by atoms with Gasteiger partial charge in [-0.25, -0.2) is 9.59 Å². The van der Waals surface area contributed by atoms with Gasteiger partial charge < -0.3 is 15.2 Å². The summed E-state index contributed by atoms with van der Waals surface area (Å²) in [5.74, 6) is -2.04. The number of rotatable bonds is 8. The van der Waals surface area contributed by atoms with Crippen molar-refractivity contribution in [2.45, 2.75) is 24.1 Å². The van der Waals surface area contributed by atoms with Gasteiger partial charge in [0.05, 0.1) is 10.5 Å². The van der Waals surface area contributed by atoms with E-state index < -0.39 is 40.3 Å². The van der Waals surface area contributed by atoms with Gasteiger partial charge in [-0.05, 0) is 28.8 Å². The molecule has 1 amide bonds. The Bertz CT molecular complexity index is 1410. The maximum Gasteiger partial charge on any atom is 0.356 e. The molecule has 39 heavy (non-hydrogen) atoms. The van der Waals surface area contributed by atoms with Crippen LogP contribution in [0.3, 0.4) is 0 Å². The lowest BCUT2D eigenvalue weighted by Gasteiger charge is -2.48. The highest BCUT2D eigenvalue weighted by Gasteiger charge is 2.53. The molecule has 2 aliphatic rings. The maximum atomic E-state index is 13.7. The molecule has 0 aromatic heterocycles. The fraction of sp³-hybridized carbons (Fsp3) is 0.179. The van der Waals surface area contributed by atoms with Crippen molar-refractivity contribution < 1.29 is 28.8 Å². The predicted octanol–water partition coefficient (Wildman–Crippen LogP) is 3.47. The molecule has 1 unspecified atom stereocenters. The summed E-state index contributed by atoms with van der Waals surface area (Å²) in [7, 11) is 0. The molecule has 2 atom stereocenters. The van der Waals surface area contributed by atoms with E-state index in [9.17, 15) is 24.5 Å². The van der Waals surface area contributed by atoms with Gasteiger partial charge in [0, 0.05) is 17.9 Å². The van der Waals surface area contributed by atoms with Crippen LogP contribution in [0.5, 0.6) is 0 Å². The normalized spacial score (nSPS) is 18.3. The van der Waals surface area contributed by atoms with Gasteiger partial charge in [0.25, 0.3) is 5.69 Å². The minimum Gasteiger partial charge on any atom is -0.457 e. The number of amides is 1. The minimum absolute atomic E-state index is 0.0108. The smallest absolute Gasteiger partial charge is 0.356 e. The third-order valence-electron chi connectivity index (χ3n) is 6.40. The molecule has 1 saturated heterocycles. The van der Waals surface area contributed by atoms with E-state index in [1.54, 1.807) is 0 Å². The number of carbonyl (C=O) groups is 3. The predicted molar refractivity (Wildman–Crippen MR) is 142 cm³/mol. The number of non-ortho nitro benzene ring substituents is 1. The number of benzene rings is 3. The van der Waals surface area contributed by atoms with Crippen molar-refractivity contribution in [3.05, 3.63) is 123 Å². The second kappa shape index (κ2) is 11.1. The van der Waals surface area contributed by atoms with Gasteiger partial charge >= 0.3 is 11.9 Å². The minimum atomic E-state index is -0.847. The van der Waals surface area contributed by atoms with Crippen molar-refractivity contribution in [3.63, 3.8) is 0 Å². The molecule has 0 saturated carbocycles. The van der Waals surface area contributed by atoms with Crippen LogP contribution in [0, 0.1) is 10.1 Å². The number of β-lactam (4-membered cyclic amide) rings is 1. The second-order valence-corrected chi connectivity index (χ2v) is 9.97. The molecule has 0 radical (unpaired) electrons. The van der Waals surface area contributed by atoms with E-state index in [2.05, 4.69) is 0 Å². The molecular weight excluding hydrogens is 522 g/mol. The number of carbonyl (C=O) groups excluding carboxylic acids is 3. The van der Waals surface area contributed by atoms with Crippen LogP contribution in [0.25, 0.3) is 0 Å². The topological polar surface area (TPSA) is 142 Å². The van der Waals surface area contributed by atoms with E-state index in [0.717, 1.165) is 0 Å². The average Bonchev–Trinajstić information content (AvgIpc) is 2.98. The molecule has 2 N–H and O–H groups in total. The van der Waals surface area contributed by atoms with Crippen molar-refractivity contribution in [3.8, 4) is 0 Å². The monoisotopic (exact) mass is 545 g/mol. The van der Waals surface area contributed by atoms with E-state index in [1.165, 1.54) is 40.9 Å². The molecule has 198 valence electrons. The molecule has 11 heteroatoms. The lowest BCUT2D eigenvalue weighted by atomic mass is 10.0. The van der Waals surface area contributed by atoms with Crippen molar-refractivity contribution in [2.24, 2.45) is 5.73 Å². The van der Waals surface area contributed by atoms with Gasteiger partial charge in [0.2, 0.25) is 5.91 Å². The first-order chi connectivity index (χ1) is 18.8. The summed E-state index contributed by atoms with van der Waals surface area (Å²) in [6.45, 7) is -0.180. The van der Waals surface area contributed by atoms with Crippen LogP contribution in [0.2, 0.25) is 0 Å². The first-order valence-corrected chi connectivity index (χ1v) is 13.0. The van der Waals surface area contributed by atoms with E-state index >= 15 is 0 Å². The van der Waals surface area contributed by atoms with Crippen LogP contribution in [0.1, 0.15) is 22.8 Å². The molecule has 0 spiro atoms. The number of nitrogens with two attached hydrogens (primary N) is 1. The highest BCUT2D eigenvalue weighted by atomic mass is 32.2. The molecule has 0 bridgehead atoms. The largest absolute Gasteiger partial charge is 0.457 e. The summed E-state index contributed by atoms with van der Waals surface area (Å²) in [5.41, 5.74) is 7.63. The second-order valence-electron chi connectivity index (χ2n) is 8.87. The Morgan fingerprint density at radius 1 is 0.974 bits per heavy atom. The zero-order valence-corrected chi connectivity index (χ0v) is 21.3. The van der Waals surface area contributed by atoms with E-state index in [4.69, 9.17) is 15.2 Å². The number of nitro benzene ring substituents is 1. The Kier molecular flexibility index (Phi) is 7.44. The van der Waals surface area contributed by atoms with Gasteiger partial charge in [-0.1, -0.05) is 60.7 Å². The number of hydrogen-bond acceptors (Lipinski definition) is 9. The Morgan fingerprint density at radius 2 is 1.56 bits per heavy atom. The van der Waals surface area contributed by atoms with Crippen molar-refractivity contribution >= 4 is 35.3 Å². The Balaban J connectivity index is 1.43. The number of fused-ring (bicyclic) bond motifs is 1. The molecule has 3 aromatic rings. The van der Waals surface area contributed by atoms with Gasteiger partial charge in [-0.2, -0.15) is 0 Å². The summed E-state index contributed by atoms with van der Waals surface area (Å²) >= 11 is 1.26. The van der Waals surface area contributed by atoms with Crippen LogP contribution in [-0.2, 0) is 30.5 Å². The zero-order chi connectivity index (χ0) is 27.5. The van der Waals surface area contributed by atoms with Crippen molar-refractivity contribution in [2.75, 3.05) is 5.75 Å². The SMILES string of the molecule is NC1C(=O)N2C(C(=O)OC(c3ccccc3)c3ccccc3)=C(C(=O)OCc3ccc([N+](=O)[O-])cc3)CS[C@H]12. The van der Waals surface area contributed by atoms with Gasteiger partial charge in [-0.3, -0.25) is 19.8 Å². The maximum absolute atomic E-state index is 13.7. The van der Waals surface area contributed by atoms with E-state index in [-0.39, 0.29) is 29.3 Å². The van der Waals surface area contributed by atoms with Gasteiger partial charge in [0.1, 0.15) is 23.7 Å². The molecule has 10 nitrogen and oxygen atoms in total. The summed E-state index contributed by atoms with van der Waals surface area (Å²) in [6.07, 6.45) is -0.789. The average molecular weight is 546 g/mol. The first-order valence-electron chi connectivity index (χ1n) is 12.0. The number of thioether (sulfide) groups is 1. The van der Waals surface area contributed by atoms with Crippen molar-refractivity contribution in [1.29, 1.82) is 0 Å². The van der Waals surface area contributed by atoms with Crippen LogP contribution < -0.4 is 5.73 Å². The van der Waals surface area contributed by atoms with Crippen LogP contribution in [0.4, 0.5) is 5.69 Å². The molecule has 0 aliphatic carbocycles. The number of hydrogen-bond donors (Lipinski definition) is 1. The highest BCUT2D eigenvalue weighted by molar-refractivity contribution is 8.00. The van der Waals surface area contributed by atoms with Gasteiger partial charge in [-0.15, -0.1) is 11.8 Å². The van der Waals surface area contributed by atoms with E-state index in [1.807, 2.05) is 60.7 Å². The number of esters is 2. The number of nitrogens with zero attached hydrogens (tertiary/aromatic N) is 2. The fourth-order valence-corrected chi connectivity index (χ4v) is 5.63. The summed E-state index contributed by atoms with van der Waals surface area (Å²) < 4.78 is 11.4. The molecular formula is C28H23N3O7S. The first kappa shape index (κ1) is 26.1. The number of nitro groups is 1. The lowest BCUT2D eigenvalue weighted by molar-refractivity contribution is -0.384. The standard InChI is InChI=1S/C28H23N3O7S/c29-22-25(32)30-23(28(34)38-24(18-7-3-1-4-8-18)19-9-5-2-6-10-19)21(16-39-26(22)30)27(33)37-15-17-11-13-20(14-12-17)31(35)36/h1-14,22,24,26H,15-16,29H2/t22?,26-/m1/s1. The van der Waals surface area contributed by atoms with Gasteiger partial charge in [0.15, 0.2) is 6.10 Å². The highest BCUT2D eigenvalue weighted by Crippen LogP contribution is 2.41. The van der Waals surface area contributed by atoms with Crippen molar-refractivity contribution in [1.82, 2.24) is 4.90 Å². The molecule has 1 fully saturated rings. The quantitative estimate of drug-likeness (QED) is 0.195. The Morgan fingerprint density at radius 3 is 2.13 bits per heavy atom. The number of ether oxygens (including phenoxy) is 2. The molecule has 2 aliphatic heterocycles. The van der Waals surface area contributed by atoms with E-state index in [0.29, 0.717) is 16.7 Å². The van der Waals surface area contributed by atoms with Crippen LogP contribution in [0.15, 0.2) is 96.2 Å². The van der Waals surface area contributed by atoms with Crippen LogP contribution >= 0.6 is 11.8 Å². The van der Waals surface area contributed by atoms with Crippen LogP contribution in [-0.4, -0.2) is 44.8 Å². The summed E-state index contributed by atoms with van der Waals surface area (Å²) in [4.78, 5) is 51.1. The third-order valence-corrected chi connectivity index (χ3v) is 7.70. The molecule has 2 heterocycles.